The van der Waals surface area contributed by atoms with E-state index >= 15 is 0 Å². The summed E-state index contributed by atoms with van der Waals surface area (Å²) in [7, 11) is -3.32. The number of carbonyl (C=O) groups is 1. The first-order valence-corrected chi connectivity index (χ1v) is 8.91. The first kappa shape index (κ1) is 16.6. The van der Waals surface area contributed by atoms with Crippen LogP contribution in [0.15, 0.2) is 0 Å². The highest BCUT2D eigenvalue weighted by atomic mass is 31.2. The molecule has 0 heterocycles. The van der Waals surface area contributed by atoms with Gasteiger partial charge in [0.2, 0.25) is 13.3 Å². The fraction of sp³-hybridized carbons (Fsp3) is 0.917. The van der Waals surface area contributed by atoms with Gasteiger partial charge < -0.3 is 21.1 Å². The van der Waals surface area contributed by atoms with E-state index in [2.05, 4.69) is 5.32 Å². The number of hydrogen-bond donors (Lipinski definition) is 4. The standard InChI is InChI=1S/C12H25N2O4P/c13-6-12(16)14-7-11(15)9-19(17,18)8-10-4-2-1-3-5-10/h10-11,15H,1-9,13H2,(H,14,16)(H,17,18)/t11-/m0/s1. The Kier molecular flexibility index (Phi) is 7.00. The Morgan fingerprint density at radius 1 is 1.37 bits per heavy atom. The molecule has 0 aromatic carbocycles. The van der Waals surface area contributed by atoms with Gasteiger partial charge in [-0.15, -0.1) is 0 Å². The molecule has 0 aromatic rings. The van der Waals surface area contributed by atoms with Crippen molar-refractivity contribution in [1.29, 1.82) is 0 Å². The van der Waals surface area contributed by atoms with Crippen molar-refractivity contribution < 1.29 is 19.4 Å². The number of rotatable bonds is 7. The largest absolute Gasteiger partial charge is 0.391 e. The topological polar surface area (TPSA) is 113 Å². The van der Waals surface area contributed by atoms with E-state index in [-0.39, 0.29) is 31.3 Å². The minimum absolute atomic E-state index is 0.0226. The van der Waals surface area contributed by atoms with Gasteiger partial charge in [0.15, 0.2) is 0 Å². The number of hydrogen-bond acceptors (Lipinski definition) is 4. The van der Waals surface area contributed by atoms with Crippen molar-refractivity contribution in [3.63, 3.8) is 0 Å². The maximum atomic E-state index is 12.1. The van der Waals surface area contributed by atoms with Crippen molar-refractivity contribution in [2.45, 2.75) is 38.2 Å². The number of nitrogens with two attached hydrogens (primary N) is 1. The Morgan fingerprint density at radius 3 is 2.58 bits per heavy atom. The molecule has 1 saturated carbocycles. The first-order valence-electron chi connectivity index (χ1n) is 6.88. The monoisotopic (exact) mass is 292 g/mol. The van der Waals surface area contributed by atoms with Gasteiger partial charge in [0.05, 0.1) is 18.8 Å². The summed E-state index contributed by atoms with van der Waals surface area (Å²) in [5.41, 5.74) is 5.11. The third kappa shape index (κ3) is 7.06. The quantitative estimate of drug-likeness (QED) is 0.503. The minimum atomic E-state index is -3.32. The fourth-order valence-corrected chi connectivity index (χ4v) is 4.65. The molecule has 1 amide bonds. The average Bonchev–Trinajstić information content (AvgIpc) is 2.36. The van der Waals surface area contributed by atoms with Crippen molar-refractivity contribution in [2.24, 2.45) is 11.7 Å². The van der Waals surface area contributed by atoms with Crippen molar-refractivity contribution in [2.75, 3.05) is 25.4 Å². The lowest BCUT2D eigenvalue weighted by Crippen LogP contribution is -2.37. The van der Waals surface area contributed by atoms with Gasteiger partial charge in [-0.25, -0.2) is 0 Å². The highest BCUT2D eigenvalue weighted by Gasteiger charge is 2.28. The number of carbonyl (C=O) groups excluding carboxylic acids is 1. The summed E-state index contributed by atoms with van der Waals surface area (Å²) in [4.78, 5) is 20.8. The minimum Gasteiger partial charge on any atom is -0.391 e. The molecule has 1 aliphatic rings. The predicted molar refractivity (Wildman–Crippen MR) is 74.2 cm³/mol. The van der Waals surface area contributed by atoms with E-state index < -0.39 is 13.5 Å². The van der Waals surface area contributed by atoms with Crippen LogP contribution < -0.4 is 11.1 Å². The Morgan fingerprint density at radius 2 is 2.00 bits per heavy atom. The van der Waals surface area contributed by atoms with Gasteiger partial charge in [-0.2, -0.15) is 0 Å². The van der Waals surface area contributed by atoms with Crippen LogP contribution in [0.25, 0.3) is 0 Å². The maximum Gasteiger partial charge on any atom is 0.233 e. The Hall–Kier alpha value is -0.420. The molecule has 1 fully saturated rings. The molecule has 19 heavy (non-hydrogen) atoms. The van der Waals surface area contributed by atoms with E-state index in [1.165, 1.54) is 6.42 Å². The van der Waals surface area contributed by atoms with Gasteiger partial charge in [-0.1, -0.05) is 19.3 Å². The molecular formula is C12H25N2O4P. The van der Waals surface area contributed by atoms with E-state index in [0.29, 0.717) is 5.92 Å². The lowest BCUT2D eigenvalue weighted by Gasteiger charge is -2.25. The van der Waals surface area contributed by atoms with Crippen molar-refractivity contribution in [3.05, 3.63) is 0 Å². The van der Waals surface area contributed by atoms with Crippen LogP contribution in [0.2, 0.25) is 0 Å². The van der Waals surface area contributed by atoms with E-state index in [9.17, 15) is 19.4 Å². The molecule has 7 heteroatoms. The Bertz CT molecular complexity index is 332. The van der Waals surface area contributed by atoms with Gasteiger partial charge >= 0.3 is 0 Å². The van der Waals surface area contributed by atoms with Crippen LogP contribution in [0.5, 0.6) is 0 Å². The molecule has 0 aromatic heterocycles. The maximum absolute atomic E-state index is 12.1. The van der Waals surface area contributed by atoms with Gasteiger partial charge in [0, 0.05) is 12.7 Å². The smallest absolute Gasteiger partial charge is 0.233 e. The summed E-state index contributed by atoms with van der Waals surface area (Å²) in [5, 5.41) is 12.1. The molecular weight excluding hydrogens is 267 g/mol. The molecule has 0 spiro atoms. The molecule has 1 rings (SSSR count). The first-order chi connectivity index (χ1) is 8.93. The van der Waals surface area contributed by atoms with Crippen molar-refractivity contribution in [1.82, 2.24) is 5.32 Å². The van der Waals surface area contributed by atoms with Crippen LogP contribution in [0.1, 0.15) is 32.1 Å². The molecule has 0 bridgehead atoms. The predicted octanol–water partition coefficient (Wildman–Crippen LogP) is 0.273. The molecule has 2 atom stereocenters. The highest BCUT2D eigenvalue weighted by molar-refractivity contribution is 7.58. The number of aliphatic hydroxyl groups excluding tert-OH is 1. The molecule has 6 nitrogen and oxygen atoms in total. The van der Waals surface area contributed by atoms with E-state index in [0.717, 1.165) is 25.7 Å². The van der Waals surface area contributed by atoms with Gasteiger partial charge in [-0.05, 0) is 18.8 Å². The summed E-state index contributed by atoms with van der Waals surface area (Å²) in [5.74, 6) is -0.0745. The molecule has 112 valence electrons. The van der Waals surface area contributed by atoms with Crippen LogP contribution in [0, 0.1) is 5.92 Å². The van der Waals surface area contributed by atoms with Gasteiger partial charge in [0.25, 0.3) is 0 Å². The third-order valence-corrected chi connectivity index (χ3v) is 5.56. The highest BCUT2D eigenvalue weighted by Crippen LogP contribution is 2.45. The normalized spacial score (nSPS) is 21.6. The average molecular weight is 292 g/mol. The lowest BCUT2D eigenvalue weighted by atomic mass is 9.91. The Labute approximate surface area is 114 Å². The second kappa shape index (κ2) is 8.00. The van der Waals surface area contributed by atoms with Crippen LogP contribution >= 0.6 is 7.37 Å². The van der Waals surface area contributed by atoms with Crippen molar-refractivity contribution >= 4 is 13.3 Å². The van der Waals surface area contributed by atoms with E-state index in [4.69, 9.17) is 5.73 Å². The summed E-state index contributed by atoms with van der Waals surface area (Å²) in [6, 6.07) is 0. The zero-order valence-corrected chi connectivity index (χ0v) is 12.1. The molecule has 1 unspecified atom stereocenters. The van der Waals surface area contributed by atoms with E-state index in [1.807, 2.05) is 0 Å². The van der Waals surface area contributed by atoms with Crippen LogP contribution in [-0.4, -0.2) is 47.4 Å². The van der Waals surface area contributed by atoms with Crippen LogP contribution in [0.4, 0.5) is 0 Å². The zero-order chi connectivity index (χ0) is 14.3. The molecule has 1 aliphatic carbocycles. The summed E-state index contributed by atoms with van der Waals surface area (Å²) >= 11 is 0. The molecule has 0 saturated heterocycles. The van der Waals surface area contributed by atoms with Gasteiger partial charge in [-0.3, -0.25) is 9.36 Å². The second-order valence-electron chi connectivity index (χ2n) is 5.38. The molecule has 5 N–H and O–H groups in total. The molecule has 0 radical (unpaired) electrons. The fourth-order valence-electron chi connectivity index (χ4n) is 2.55. The lowest BCUT2D eigenvalue weighted by molar-refractivity contribution is -0.120. The third-order valence-electron chi connectivity index (χ3n) is 3.48. The summed E-state index contributed by atoms with van der Waals surface area (Å²) in [6.07, 6.45) is 4.60. The number of nitrogens with one attached hydrogen (secondary N) is 1. The number of amides is 1. The van der Waals surface area contributed by atoms with Crippen LogP contribution in [-0.2, 0) is 9.36 Å². The molecule has 0 aliphatic heterocycles. The van der Waals surface area contributed by atoms with Crippen molar-refractivity contribution in [3.8, 4) is 0 Å². The Balaban J connectivity index is 2.31. The zero-order valence-electron chi connectivity index (χ0n) is 11.3. The van der Waals surface area contributed by atoms with Crippen LogP contribution in [0.3, 0.4) is 0 Å². The summed E-state index contributed by atoms with van der Waals surface area (Å²) in [6.45, 7) is -0.170. The summed E-state index contributed by atoms with van der Waals surface area (Å²) < 4.78 is 12.1. The number of aliphatic hydroxyl groups is 1. The van der Waals surface area contributed by atoms with Gasteiger partial charge in [0.1, 0.15) is 0 Å². The SMILES string of the molecule is NCC(=O)NC[C@H](O)CP(=O)(O)CC1CCCCC1. The van der Waals surface area contributed by atoms with E-state index in [1.54, 1.807) is 0 Å². The second-order valence-corrected chi connectivity index (χ2v) is 7.80.